The van der Waals surface area contributed by atoms with Crippen molar-refractivity contribution in [2.45, 2.75) is 45.4 Å². The number of fused-ring (bicyclic) bond motifs is 1. The third-order valence-corrected chi connectivity index (χ3v) is 3.53. The lowest BCUT2D eigenvalue weighted by Gasteiger charge is -2.22. The number of anilines is 1. The highest BCUT2D eigenvalue weighted by Gasteiger charge is 2.38. The second-order valence-corrected chi connectivity index (χ2v) is 5.36. The van der Waals surface area contributed by atoms with Gasteiger partial charge in [0, 0.05) is 11.3 Å². The van der Waals surface area contributed by atoms with Crippen LogP contribution in [0.15, 0.2) is 12.1 Å². The van der Waals surface area contributed by atoms with Gasteiger partial charge in [-0.15, -0.1) is 0 Å². The fourth-order valence-corrected chi connectivity index (χ4v) is 3.09. The summed E-state index contributed by atoms with van der Waals surface area (Å²) in [4.78, 5) is 0. The normalized spacial score (nSPS) is 21.9. The van der Waals surface area contributed by atoms with E-state index >= 15 is 0 Å². The van der Waals surface area contributed by atoms with E-state index in [9.17, 15) is 0 Å². The minimum atomic E-state index is 0.175. The molecule has 2 rings (SSSR count). The Bertz CT molecular complexity index is 409. The van der Waals surface area contributed by atoms with E-state index in [0.29, 0.717) is 12.5 Å². The summed E-state index contributed by atoms with van der Waals surface area (Å²) in [5.74, 6) is 1.55. The molecule has 0 heterocycles. The molecule has 0 saturated heterocycles. The standard InChI is InChI=1S/C14H21NO/c1-5-16-11-7-6-10(15)12-9(2)8-14(3,4)13(11)12/h6-7,9H,5,8,15H2,1-4H3. The molecule has 0 saturated carbocycles. The summed E-state index contributed by atoms with van der Waals surface area (Å²) in [5, 5.41) is 0. The number of benzene rings is 1. The lowest BCUT2D eigenvalue weighted by Crippen LogP contribution is -2.14. The van der Waals surface area contributed by atoms with Crippen molar-refractivity contribution in [1.82, 2.24) is 0 Å². The first-order valence-electron chi connectivity index (χ1n) is 6.03. The van der Waals surface area contributed by atoms with Gasteiger partial charge in [0.2, 0.25) is 0 Å². The minimum absolute atomic E-state index is 0.175. The molecule has 2 heteroatoms. The van der Waals surface area contributed by atoms with Crippen molar-refractivity contribution in [2.24, 2.45) is 0 Å². The van der Waals surface area contributed by atoms with Gasteiger partial charge < -0.3 is 10.5 Å². The van der Waals surface area contributed by atoms with Crippen LogP contribution in [0.4, 0.5) is 5.69 Å². The van der Waals surface area contributed by atoms with E-state index in [2.05, 4.69) is 20.8 Å². The summed E-state index contributed by atoms with van der Waals surface area (Å²) in [7, 11) is 0. The first-order chi connectivity index (χ1) is 7.47. The van der Waals surface area contributed by atoms with Crippen molar-refractivity contribution < 1.29 is 4.74 Å². The molecule has 1 unspecified atom stereocenters. The fourth-order valence-electron chi connectivity index (χ4n) is 3.09. The average Bonchev–Trinajstić information content (AvgIpc) is 2.43. The molecule has 2 nitrogen and oxygen atoms in total. The monoisotopic (exact) mass is 219 g/mol. The van der Waals surface area contributed by atoms with Crippen molar-refractivity contribution in [3.8, 4) is 5.75 Å². The number of hydrogen-bond donors (Lipinski definition) is 1. The SMILES string of the molecule is CCOc1ccc(N)c2c1C(C)(C)CC2C. The van der Waals surface area contributed by atoms with Crippen LogP contribution in [0.1, 0.15) is 51.2 Å². The van der Waals surface area contributed by atoms with Crippen LogP contribution < -0.4 is 10.5 Å². The Balaban J connectivity index is 2.62. The highest BCUT2D eigenvalue weighted by molar-refractivity contribution is 5.62. The summed E-state index contributed by atoms with van der Waals surface area (Å²) in [5.41, 5.74) is 9.80. The molecule has 0 bridgehead atoms. The topological polar surface area (TPSA) is 35.2 Å². The molecule has 1 aliphatic carbocycles. The predicted molar refractivity (Wildman–Crippen MR) is 68.1 cm³/mol. The third-order valence-electron chi connectivity index (χ3n) is 3.53. The minimum Gasteiger partial charge on any atom is -0.494 e. The van der Waals surface area contributed by atoms with Gasteiger partial charge in [0.25, 0.3) is 0 Å². The molecule has 0 fully saturated rings. The van der Waals surface area contributed by atoms with Crippen molar-refractivity contribution >= 4 is 5.69 Å². The van der Waals surface area contributed by atoms with Gasteiger partial charge in [0.15, 0.2) is 0 Å². The summed E-state index contributed by atoms with van der Waals surface area (Å²) in [6.07, 6.45) is 1.15. The lowest BCUT2D eigenvalue weighted by atomic mass is 9.85. The molecule has 0 radical (unpaired) electrons. The zero-order valence-corrected chi connectivity index (χ0v) is 10.6. The largest absolute Gasteiger partial charge is 0.494 e. The molecular weight excluding hydrogens is 198 g/mol. The van der Waals surface area contributed by atoms with Gasteiger partial charge in [0.05, 0.1) is 6.61 Å². The predicted octanol–water partition coefficient (Wildman–Crippen LogP) is 3.45. The molecule has 0 aliphatic heterocycles. The fraction of sp³-hybridized carbons (Fsp3) is 0.571. The Morgan fingerprint density at radius 2 is 2.12 bits per heavy atom. The second-order valence-electron chi connectivity index (χ2n) is 5.36. The molecule has 1 aliphatic rings. The Hall–Kier alpha value is -1.18. The quantitative estimate of drug-likeness (QED) is 0.773. The summed E-state index contributed by atoms with van der Waals surface area (Å²) >= 11 is 0. The molecule has 0 aromatic heterocycles. The van der Waals surface area contributed by atoms with E-state index in [1.807, 2.05) is 19.1 Å². The first kappa shape index (κ1) is 11.3. The maximum absolute atomic E-state index is 6.09. The van der Waals surface area contributed by atoms with E-state index in [0.717, 1.165) is 17.9 Å². The molecule has 88 valence electrons. The summed E-state index contributed by atoms with van der Waals surface area (Å²) < 4.78 is 5.73. The molecule has 1 atom stereocenters. The van der Waals surface area contributed by atoms with Crippen LogP contribution >= 0.6 is 0 Å². The number of rotatable bonds is 2. The molecule has 1 aromatic rings. The van der Waals surface area contributed by atoms with E-state index in [-0.39, 0.29) is 5.41 Å². The molecular formula is C14H21NO. The van der Waals surface area contributed by atoms with E-state index < -0.39 is 0 Å². The van der Waals surface area contributed by atoms with Crippen molar-refractivity contribution in [3.05, 3.63) is 23.3 Å². The van der Waals surface area contributed by atoms with Gasteiger partial charge >= 0.3 is 0 Å². The van der Waals surface area contributed by atoms with Crippen LogP contribution in [0.3, 0.4) is 0 Å². The number of hydrogen-bond acceptors (Lipinski definition) is 2. The zero-order valence-electron chi connectivity index (χ0n) is 10.6. The first-order valence-corrected chi connectivity index (χ1v) is 6.03. The average molecular weight is 219 g/mol. The van der Waals surface area contributed by atoms with Gasteiger partial charge in [-0.3, -0.25) is 0 Å². The van der Waals surface area contributed by atoms with Crippen LogP contribution in [0.5, 0.6) is 5.75 Å². The molecule has 1 aromatic carbocycles. The smallest absolute Gasteiger partial charge is 0.123 e. The Labute approximate surface area is 97.8 Å². The number of ether oxygens (including phenoxy) is 1. The number of nitrogen functional groups attached to an aromatic ring is 1. The van der Waals surface area contributed by atoms with Gasteiger partial charge in [-0.05, 0) is 42.4 Å². The van der Waals surface area contributed by atoms with Crippen LogP contribution in [0, 0.1) is 0 Å². The Kier molecular flexibility index (Phi) is 2.61. The summed E-state index contributed by atoms with van der Waals surface area (Å²) in [6.45, 7) is 9.53. The van der Waals surface area contributed by atoms with Crippen molar-refractivity contribution in [3.63, 3.8) is 0 Å². The maximum Gasteiger partial charge on any atom is 0.123 e. The van der Waals surface area contributed by atoms with E-state index in [1.54, 1.807) is 0 Å². The van der Waals surface area contributed by atoms with Crippen molar-refractivity contribution in [2.75, 3.05) is 12.3 Å². The molecule has 16 heavy (non-hydrogen) atoms. The Morgan fingerprint density at radius 3 is 2.75 bits per heavy atom. The van der Waals surface area contributed by atoms with Crippen LogP contribution in [0.2, 0.25) is 0 Å². The van der Waals surface area contributed by atoms with Crippen LogP contribution in [0.25, 0.3) is 0 Å². The van der Waals surface area contributed by atoms with Crippen molar-refractivity contribution in [1.29, 1.82) is 0 Å². The van der Waals surface area contributed by atoms with Gasteiger partial charge in [-0.2, -0.15) is 0 Å². The van der Waals surface area contributed by atoms with E-state index in [1.165, 1.54) is 11.1 Å². The van der Waals surface area contributed by atoms with Crippen LogP contribution in [-0.4, -0.2) is 6.61 Å². The highest BCUT2D eigenvalue weighted by Crippen LogP contribution is 2.51. The Morgan fingerprint density at radius 1 is 1.44 bits per heavy atom. The zero-order chi connectivity index (χ0) is 11.9. The molecule has 0 amide bonds. The van der Waals surface area contributed by atoms with E-state index in [4.69, 9.17) is 10.5 Å². The molecule has 0 spiro atoms. The lowest BCUT2D eigenvalue weighted by molar-refractivity contribution is 0.329. The molecule has 2 N–H and O–H groups in total. The van der Waals surface area contributed by atoms with Gasteiger partial charge in [-0.1, -0.05) is 20.8 Å². The third kappa shape index (κ3) is 1.57. The highest BCUT2D eigenvalue weighted by atomic mass is 16.5. The summed E-state index contributed by atoms with van der Waals surface area (Å²) in [6, 6.07) is 3.99. The number of nitrogens with two attached hydrogens (primary N) is 1. The van der Waals surface area contributed by atoms with Crippen LogP contribution in [-0.2, 0) is 5.41 Å². The van der Waals surface area contributed by atoms with Gasteiger partial charge in [-0.25, -0.2) is 0 Å². The maximum atomic E-state index is 6.09. The second kappa shape index (κ2) is 3.69. The van der Waals surface area contributed by atoms with Gasteiger partial charge in [0.1, 0.15) is 5.75 Å².